The standard InChI is InChI=1S/C11H8N2O2/c14-6-8-3-1-2-4-9(8)11(15)10-5-12-7-13-10/h1-7H,(H,12,13). The number of carbonyl (C=O) groups excluding carboxylic acids is 2. The van der Waals surface area contributed by atoms with Crippen molar-refractivity contribution in [2.45, 2.75) is 0 Å². The quantitative estimate of drug-likeness (QED) is 0.602. The number of rotatable bonds is 3. The number of nitrogens with zero attached hydrogens (tertiary/aromatic N) is 1. The minimum atomic E-state index is -0.227. The Kier molecular flexibility index (Phi) is 2.41. The molecule has 74 valence electrons. The summed E-state index contributed by atoms with van der Waals surface area (Å²) in [6.45, 7) is 0. The van der Waals surface area contributed by atoms with Crippen LogP contribution in [-0.4, -0.2) is 22.0 Å². The number of hydrogen-bond acceptors (Lipinski definition) is 3. The molecular formula is C11H8N2O2. The largest absolute Gasteiger partial charge is 0.342 e. The molecule has 0 aliphatic carbocycles. The SMILES string of the molecule is O=Cc1ccccc1C(=O)c1cnc[nH]1. The average molecular weight is 200 g/mol. The van der Waals surface area contributed by atoms with Gasteiger partial charge in [-0.2, -0.15) is 0 Å². The zero-order valence-corrected chi connectivity index (χ0v) is 7.81. The van der Waals surface area contributed by atoms with Crippen molar-refractivity contribution in [3.8, 4) is 0 Å². The summed E-state index contributed by atoms with van der Waals surface area (Å²) in [5, 5.41) is 0. The summed E-state index contributed by atoms with van der Waals surface area (Å²) >= 11 is 0. The Morgan fingerprint density at radius 1 is 1.33 bits per heavy atom. The first-order valence-corrected chi connectivity index (χ1v) is 4.40. The van der Waals surface area contributed by atoms with Crippen molar-refractivity contribution in [2.75, 3.05) is 0 Å². The van der Waals surface area contributed by atoms with Gasteiger partial charge >= 0.3 is 0 Å². The van der Waals surface area contributed by atoms with Crippen molar-refractivity contribution in [1.29, 1.82) is 0 Å². The predicted molar refractivity (Wildman–Crippen MR) is 53.8 cm³/mol. The highest BCUT2D eigenvalue weighted by Crippen LogP contribution is 2.10. The fourth-order valence-electron chi connectivity index (χ4n) is 1.33. The van der Waals surface area contributed by atoms with Crippen molar-refractivity contribution in [3.05, 3.63) is 53.6 Å². The number of benzene rings is 1. The molecule has 0 unspecified atom stereocenters. The van der Waals surface area contributed by atoms with E-state index in [9.17, 15) is 9.59 Å². The van der Waals surface area contributed by atoms with Gasteiger partial charge in [0.1, 0.15) is 5.69 Å². The van der Waals surface area contributed by atoms with Gasteiger partial charge in [-0.3, -0.25) is 9.59 Å². The molecule has 1 heterocycles. The third-order valence-electron chi connectivity index (χ3n) is 2.08. The number of ketones is 1. The van der Waals surface area contributed by atoms with Gasteiger partial charge in [0.05, 0.1) is 12.5 Å². The summed E-state index contributed by atoms with van der Waals surface area (Å²) in [7, 11) is 0. The second-order valence-electron chi connectivity index (χ2n) is 3.00. The fraction of sp³-hybridized carbons (Fsp3) is 0. The van der Waals surface area contributed by atoms with E-state index in [0.717, 1.165) is 0 Å². The lowest BCUT2D eigenvalue weighted by Gasteiger charge is -2.00. The van der Waals surface area contributed by atoms with Gasteiger partial charge in [-0.1, -0.05) is 24.3 Å². The molecule has 1 N–H and O–H groups in total. The Balaban J connectivity index is 2.46. The molecular weight excluding hydrogens is 192 g/mol. The first-order chi connectivity index (χ1) is 7.33. The summed E-state index contributed by atoms with van der Waals surface area (Å²) in [6.07, 6.45) is 3.53. The molecule has 15 heavy (non-hydrogen) atoms. The van der Waals surface area contributed by atoms with E-state index in [2.05, 4.69) is 9.97 Å². The lowest BCUT2D eigenvalue weighted by Crippen LogP contribution is -2.05. The molecule has 0 aliphatic rings. The van der Waals surface area contributed by atoms with Crippen LogP contribution >= 0.6 is 0 Å². The maximum atomic E-state index is 11.9. The molecule has 2 aromatic rings. The molecule has 4 heteroatoms. The zero-order chi connectivity index (χ0) is 10.7. The summed E-state index contributed by atoms with van der Waals surface area (Å²) in [6, 6.07) is 6.66. The molecule has 0 radical (unpaired) electrons. The molecule has 0 spiro atoms. The van der Waals surface area contributed by atoms with E-state index in [1.54, 1.807) is 24.3 Å². The molecule has 0 fully saturated rings. The summed E-state index contributed by atoms with van der Waals surface area (Å²) in [4.78, 5) is 29.0. The molecule has 1 aromatic heterocycles. The number of aldehydes is 1. The first-order valence-electron chi connectivity index (χ1n) is 4.40. The van der Waals surface area contributed by atoms with Gasteiger partial charge in [0.25, 0.3) is 0 Å². The summed E-state index contributed by atoms with van der Waals surface area (Å²) < 4.78 is 0. The van der Waals surface area contributed by atoms with E-state index in [0.29, 0.717) is 23.1 Å². The maximum Gasteiger partial charge on any atom is 0.211 e. The van der Waals surface area contributed by atoms with E-state index in [1.807, 2.05) is 0 Å². The van der Waals surface area contributed by atoms with Crippen LogP contribution in [-0.2, 0) is 0 Å². The number of H-pyrrole nitrogens is 1. The highest BCUT2D eigenvalue weighted by molar-refractivity contribution is 6.11. The highest BCUT2D eigenvalue weighted by atomic mass is 16.1. The lowest BCUT2D eigenvalue weighted by molar-refractivity contribution is 0.102. The zero-order valence-electron chi connectivity index (χ0n) is 7.81. The molecule has 0 bridgehead atoms. The Bertz CT molecular complexity index is 489. The third kappa shape index (κ3) is 1.69. The number of aromatic nitrogens is 2. The van der Waals surface area contributed by atoms with E-state index < -0.39 is 0 Å². The normalized spacial score (nSPS) is 9.87. The minimum Gasteiger partial charge on any atom is -0.342 e. The minimum absolute atomic E-state index is 0.227. The highest BCUT2D eigenvalue weighted by Gasteiger charge is 2.13. The van der Waals surface area contributed by atoms with Crippen molar-refractivity contribution in [3.63, 3.8) is 0 Å². The van der Waals surface area contributed by atoms with Crippen molar-refractivity contribution < 1.29 is 9.59 Å². The van der Waals surface area contributed by atoms with Crippen LogP contribution in [0.3, 0.4) is 0 Å². The molecule has 1 aromatic carbocycles. The molecule has 0 amide bonds. The second kappa shape index (κ2) is 3.88. The van der Waals surface area contributed by atoms with Crippen LogP contribution in [0.15, 0.2) is 36.8 Å². The van der Waals surface area contributed by atoms with Crippen LogP contribution in [0.5, 0.6) is 0 Å². The van der Waals surface area contributed by atoms with Gasteiger partial charge in [-0.15, -0.1) is 0 Å². The van der Waals surface area contributed by atoms with Crippen LogP contribution in [0.4, 0.5) is 0 Å². The number of imidazole rings is 1. The van der Waals surface area contributed by atoms with E-state index in [1.165, 1.54) is 12.5 Å². The van der Waals surface area contributed by atoms with Crippen LogP contribution < -0.4 is 0 Å². The van der Waals surface area contributed by atoms with Crippen molar-refractivity contribution in [2.24, 2.45) is 0 Å². The van der Waals surface area contributed by atoms with Gasteiger partial charge in [0.15, 0.2) is 6.29 Å². The van der Waals surface area contributed by atoms with Gasteiger partial charge in [0, 0.05) is 11.1 Å². The predicted octanol–water partition coefficient (Wildman–Crippen LogP) is 1.45. The lowest BCUT2D eigenvalue weighted by atomic mass is 10.0. The third-order valence-corrected chi connectivity index (χ3v) is 2.08. The monoisotopic (exact) mass is 200 g/mol. The Morgan fingerprint density at radius 3 is 2.80 bits per heavy atom. The van der Waals surface area contributed by atoms with Gasteiger partial charge < -0.3 is 4.98 Å². The van der Waals surface area contributed by atoms with Crippen molar-refractivity contribution >= 4 is 12.1 Å². The fourth-order valence-corrected chi connectivity index (χ4v) is 1.33. The van der Waals surface area contributed by atoms with Crippen LogP contribution in [0, 0.1) is 0 Å². The Morgan fingerprint density at radius 2 is 2.13 bits per heavy atom. The topological polar surface area (TPSA) is 62.8 Å². The average Bonchev–Trinajstić information content (AvgIpc) is 2.81. The second-order valence-corrected chi connectivity index (χ2v) is 3.00. The summed E-state index contributed by atoms with van der Waals surface area (Å²) in [5.74, 6) is -0.227. The van der Waals surface area contributed by atoms with E-state index in [-0.39, 0.29) is 5.78 Å². The number of hydrogen-bond donors (Lipinski definition) is 1. The van der Waals surface area contributed by atoms with Gasteiger partial charge in [-0.05, 0) is 0 Å². The number of nitrogens with one attached hydrogen (secondary N) is 1. The number of carbonyl (C=O) groups is 2. The van der Waals surface area contributed by atoms with Crippen LogP contribution in [0.1, 0.15) is 26.4 Å². The van der Waals surface area contributed by atoms with Crippen LogP contribution in [0.2, 0.25) is 0 Å². The number of aromatic amines is 1. The first kappa shape index (κ1) is 9.33. The smallest absolute Gasteiger partial charge is 0.211 e. The van der Waals surface area contributed by atoms with Gasteiger partial charge in [-0.25, -0.2) is 4.98 Å². The summed E-state index contributed by atoms with van der Waals surface area (Å²) in [5.41, 5.74) is 1.15. The van der Waals surface area contributed by atoms with Crippen molar-refractivity contribution in [1.82, 2.24) is 9.97 Å². The molecule has 4 nitrogen and oxygen atoms in total. The van der Waals surface area contributed by atoms with Gasteiger partial charge in [0.2, 0.25) is 5.78 Å². The molecule has 0 aliphatic heterocycles. The molecule has 2 rings (SSSR count). The van der Waals surface area contributed by atoms with Crippen LogP contribution in [0.25, 0.3) is 0 Å². The van der Waals surface area contributed by atoms with E-state index in [4.69, 9.17) is 0 Å². The molecule has 0 atom stereocenters. The van der Waals surface area contributed by atoms with E-state index >= 15 is 0 Å². The Labute approximate surface area is 86.0 Å². The molecule has 0 saturated carbocycles. The molecule has 0 saturated heterocycles. The Hall–Kier alpha value is -2.23. The maximum absolute atomic E-state index is 11.9.